The Balaban J connectivity index is -0.000000364. The van der Waals surface area contributed by atoms with Crippen LogP contribution in [0, 0.1) is 0 Å². The van der Waals surface area contributed by atoms with Crippen molar-refractivity contribution in [2.45, 2.75) is 291 Å². The second kappa shape index (κ2) is 63.7. The molecule has 12 unspecified atom stereocenters. The van der Waals surface area contributed by atoms with Crippen molar-refractivity contribution in [3.63, 3.8) is 0 Å². The van der Waals surface area contributed by atoms with Crippen LogP contribution in [0.2, 0.25) is 0 Å². The molecule has 65 heteroatoms. The molecule has 0 aromatic rings. The molecule has 12 atom stereocenters. The molecule has 40 nitrogen and oxygen atoms in total. The van der Waals surface area contributed by atoms with Crippen molar-refractivity contribution in [2.24, 2.45) is 0 Å². The Morgan fingerprint density at radius 1 is 0.446 bits per heavy atom. The molecule has 6 aliphatic heterocycles. The summed E-state index contributed by atoms with van der Waals surface area (Å²) in [6, 6.07) is 0. The molecular formula is C74H86Cl4F18K2O40S. The molecule has 8 aliphatic rings. The smallest absolute Gasteiger partial charge is 1.00 e. The van der Waals surface area contributed by atoms with E-state index in [4.69, 9.17) is 81.9 Å². The minimum absolute atomic E-state index is 0. The van der Waals surface area contributed by atoms with Gasteiger partial charge in [0.05, 0.1) is 5.60 Å². The normalized spacial score (nSPS) is 22.1. The number of aliphatic hydroxyl groups excluding tert-OH is 3. The van der Waals surface area contributed by atoms with Gasteiger partial charge in [-0.3, -0.25) is 14.4 Å². The maximum absolute atomic E-state index is 12.3. The van der Waals surface area contributed by atoms with Crippen molar-refractivity contribution in [3.8, 4) is 0 Å². The number of rotatable bonds is 21. The van der Waals surface area contributed by atoms with E-state index in [1.54, 1.807) is 6.92 Å². The summed E-state index contributed by atoms with van der Waals surface area (Å²) < 4.78 is 279. The monoisotopic (exact) mass is 2210 g/mol. The summed E-state index contributed by atoms with van der Waals surface area (Å²) in [5.74, 6) is -16.0. The Morgan fingerprint density at radius 2 is 0.676 bits per heavy atom. The van der Waals surface area contributed by atoms with E-state index in [0.717, 1.165) is 51.4 Å². The van der Waals surface area contributed by atoms with E-state index in [1.165, 1.54) is 40.5 Å². The van der Waals surface area contributed by atoms with Gasteiger partial charge in [0.2, 0.25) is 75.5 Å². The van der Waals surface area contributed by atoms with Crippen molar-refractivity contribution in [1.82, 2.24) is 0 Å². The summed E-state index contributed by atoms with van der Waals surface area (Å²) in [5, 5.41) is 58.5. The second-order valence-electron chi connectivity index (χ2n) is 28.3. The fourth-order valence-electron chi connectivity index (χ4n) is 9.95. The zero-order valence-electron chi connectivity index (χ0n) is 74.4. The van der Waals surface area contributed by atoms with Crippen LogP contribution in [0.15, 0.2) is 60.8 Å². The van der Waals surface area contributed by atoms with E-state index in [1.807, 2.05) is 6.92 Å². The van der Waals surface area contributed by atoms with Gasteiger partial charge < -0.3 is 104 Å². The van der Waals surface area contributed by atoms with Gasteiger partial charge in [0, 0.05) is 87.8 Å². The second-order valence-corrected chi connectivity index (χ2v) is 31.6. The number of carboxylic acid groups (broad SMARTS) is 2. The number of hydrogen-bond donors (Lipinski definition) is 6. The Kier molecular flexibility index (Phi) is 64.3. The number of hydrogen-bond acceptors (Lipinski definition) is 38. The quantitative estimate of drug-likeness (QED) is 0.0110. The van der Waals surface area contributed by atoms with E-state index in [-0.39, 0.29) is 164 Å². The van der Waals surface area contributed by atoms with E-state index < -0.39 is 256 Å². The average Bonchev–Trinajstić information content (AvgIpc) is 1.74. The zero-order chi connectivity index (χ0) is 108. The third-order valence-electron chi connectivity index (χ3n) is 17.0. The van der Waals surface area contributed by atoms with Crippen LogP contribution in [0.1, 0.15) is 153 Å². The maximum Gasteiger partial charge on any atom is 1.00 e. The number of aliphatic carboxylic acids is 2. The SMILES string of the molecule is C=C(C)C(=O)Cl.C=C(C)C(=O)OC1CC(C(=O)Cl)OC1=O.C=C(C)C(=O)OC1CC(C(=O)O)OC1=O.C=C(C)C(=O)OC1CC(C(=O)OC(C(F)(F)F)C(F)(F)F)OC1=O.C=C(C)C(=O)OC1CC(C(=O)OC2(CC)CCCC2)OC1=O.CCC1(O)CCCC1.O=C1OC(C(=O)O)CC1O.O=C1OC(C(=O)OC(C(F)(F)F)C(F)(F)F)CC1O.O=CO[O-].O=S(Cl)Cl.OC(C(F)(F)F)C(F)(F)F.[H-].[K+].[K+]. The number of halogens is 22. The van der Waals surface area contributed by atoms with Crippen LogP contribution in [-0.4, -0.2) is 281 Å². The van der Waals surface area contributed by atoms with Gasteiger partial charge in [-0.2, -0.15) is 79.0 Å². The number of alkyl halides is 18. The first-order valence-electron chi connectivity index (χ1n) is 37.6. The van der Waals surface area contributed by atoms with Crippen molar-refractivity contribution >= 4 is 160 Å². The first-order chi connectivity index (χ1) is 62.2. The standard InChI is InChI=1S/C16H22O6.C12H10F6O6.C9H9ClO5.C9H10O6.C8H6F6O5.C7H14O.C5H6O5.C4H5ClO.C3H2F6O.CH2O3.Cl2OS.2K.H/c1-4-16(7-5-6-8-16)22-15(19)12-9-11(14(18)21-12)20-13(17)10(2)3;1-4(2)7(19)22-5-3-6(23-8(5)20)9(21)24-10(11(13,14)15)12(16,17)18;2*1-4(2)8(12)15-6-3-5(7(10)11)14-9(6)13;9-7(10,11)6(8(12,13)14)19-5(17)3-1-2(15)4(16)18-3;1-2-7(8)5-3-4-6-7;6-2-1-3(4(7)8)10-5(2)9;1-3(2)4(5)6;4-2(5,6)1(10)3(7,8)9;2-1-4-3;1-4(2)3;;;/h11-12H,2,4-9H2,1,3H3;5-6,10H,1,3H2,2H3;5-6H,1,3H2,2H3;5-6H,1,3H2,2H3,(H,10,11);2-3,6,15H,1H2;8H,2-6H2,1H3;2-3,6H,1H2,(H,7,8);1H2,2H3;1,10H;1,3H;;;;/q;;;;;;;;;;;2*+1;-1/p-1. The first kappa shape index (κ1) is 140. The molecule has 8 fully saturated rings. The van der Waals surface area contributed by atoms with Gasteiger partial charge in [-0.05, 0) is 109 Å². The predicted molar refractivity (Wildman–Crippen MR) is 411 cm³/mol. The van der Waals surface area contributed by atoms with Crippen LogP contribution in [0.4, 0.5) is 79.0 Å². The number of allylic oxidation sites excluding steroid dienone is 1. The first-order valence-corrected chi connectivity index (χ1v) is 41.2. The molecule has 0 aromatic carbocycles. The number of carbonyl (C=O) groups excluding carboxylic acids is 16. The predicted octanol–water partition coefficient (Wildman–Crippen LogP) is 1.86. The van der Waals surface area contributed by atoms with Gasteiger partial charge >= 0.3 is 229 Å². The largest absolute Gasteiger partial charge is 1.00 e. The summed E-state index contributed by atoms with van der Waals surface area (Å²) in [4.78, 5) is 198. The molecule has 8 rings (SSSR count). The molecule has 2 aliphatic carbocycles. The molecule has 6 N–H and O–H groups in total. The summed E-state index contributed by atoms with van der Waals surface area (Å²) in [7, 11) is 7.36. The summed E-state index contributed by atoms with van der Waals surface area (Å²) in [6.45, 7) is 27.6. The molecule has 139 heavy (non-hydrogen) atoms. The molecule has 0 radical (unpaired) electrons. The molecular weight excluding hydrogens is 2120 g/mol. The Bertz CT molecular complexity index is 4200. The molecule has 6 heterocycles. The topological polar surface area (TPSA) is 598 Å². The van der Waals surface area contributed by atoms with E-state index in [2.05, 4.69) is 109 Å². The van der Waals surface area contributed by atoms with Crippen LogP contribution in [0.5, 0.6) is 0 Å². The van der Waals surface area contributed by atoms with Crippen LogP contribution in [-0.2, 0) is 162 Å². The average molecular weight is 2210 g/mol. The van der Waals surface area contributed by atoms with Crippen LogP contribution >= 0.6 is 44.6 Å². The molecule has 0 bridgehead atoms. The fourth-order valence-corrected chi connectivity index (χ4v) is 10.1. The molecule has 784 valence electrons. The number of carbonyl (C=O) groups is 18. The Labute approximate surface area is 880 Å². The van der Waals surface area contributed by atoms with Crippen LogP contribution in [0.25, 0.3) is 0 Å². The Morgan fingerprint density at radius 3 is 0.863 bits per heavy atom. The Hall–Kier alpha value is -7.32. The minimum Gasteiger partial charge on any atom is -1.00 e. The molecule has 0 spiro atoms. The van der Waals surface area contributed by atoms with Crippen molar-refractivity contribution in [1.29, 1.82) is 0 Å². The molecule has 6 saturated heterocycles. The minimum atomic E-state index is -5.90. The third kappa shape index (κ3) is 54.8. The van der Waals surface area contributed by atoms with Gasteiger partial charge in [-0.25, -0.2) is 76.1 Å². The molecule has 0 amide bonds. The van der Waals surface area contributed by atoms with Gasteiger partial charge in [0.25, 0.3) is 23.9 Å². The van der Waals surface area contributed by atoms with Crippen molar-refractivity contribution in [3.05, 3.63) is 60.8 Å². The number of cyclic esters (lactones) is 6. The summed E-state index contributed by atoms with van der Waals surface area (Å²) >= 11 is 10.0. The number of aliphatic hydroxyl groups is 4. The number of carboxylic acids is 2. The molecule has 0 aromatic heterocycles. The number of esters is 13. The number of ether oxygens (including phenoxy) is 13. The third-order valence-corrected chi connectivity index (χ3v) is 17.6. The van der Waals surface area contributed by atoms with E-state index in [0.29, 0.717) is 5.57 Å². The maximum atomic E-state index is 12.3. The van der Waals surface area contributed by atoms with Gasteiger partial charge in [-0.15, -0.1) is 0 Å². The van der Waals surface area contributed by atoms with Crippen LogP contribution in [0.3, 0.4) is 0 Å². The van der Waals surface area contributed by atoms with Gasteiger partial charge in [0.15, 0.2) is 18.3 Å². The van der Waals surface area contributed by atoms with E-state index in [9.17, 15) is 166 Å². The molecule has 2 saturated carbocycles. The van der Waals surface area contributed by atoms with E-state index >= 15 is 0 Å². The van der Waals surface area contributed by atoms with Gasteiger partial charge in [-0.1, -0.05) is 59.6 Å². The fraction of sp³-hybridized carbons (Fsp3) is 0.622. The summed E-state index contributed by atoms with van der Waals surface area (Å²) in [6.07, 6.45) is -56.1. The summed E-state index contributed by atoms with van der Waals surface area (Å²) in [5.41, 5.74) is 0.0649. The van der Waals surface area contributed by atoms with Gasteiger partial charge in [0.1, 0.15) is 5.60 Å². The van der Waals surface area contributed by atoms with Crippen molar-refractivity contribution < 1.29 is 376 Å². The van der Waals surface area contributed by atoms with Crippen LogP contribution < -0.4 is 108 Å². The zero-order valence-corrected chi connectivity index (χ0v) is 83.5. The van der Waals surface area contributed by atoms with Crippen molar-refractivity contribution in [2.75, 3.05) is 0 Å².